The van der Waals surface area contributed by atoms with Crippen molar-refractivity contribution in [1.82, 2.24) is 0 Å². The van der Waals surface area contributed by atoms with Gasteiger partial charge in [0.1, 0.15) is 0 Å². The maximum absolute atomic E-state index is 10.2. The summed E-state index contributed by atoms with van der Waals surface area (Å²) >= 11 is -2.12. The van der Waals surface area contributed by atoms with Gasteiger partial charge in [-0.1, -0.05) is 30.9 Å². The normalized spacial score (nSPS) is 9.22. The van der Waals surface area contributed by atoms with Gasteiger partial charge in [-0.15, -0.1) is 0 Å². The molecule has 0 saturated heterocycles. The fourth-order valence-electron chi connectivity index (χ4n) is 0.531. The van der Waals surface area contributed by atoms with E-state index in [0.29, 0.717) is 6.42 Å². The minimum atomic E-state index is -2.12. The number of carboxylic acids is 1. The van der Waals surface area contributed by atoms with Gasteiger partial charge >= 0.3 is 47.3 Å². The zero-order valence-corrected chi connectivity index (χ0v) is 10.8. The Balaban J connectivity index is 0. The monoisotopic (exact) mass is 292 g/mol. The molecule has 0 bridgehead atoms. The molecule has 0 aliphatic heterocycles. The Morgan fingerprint density at radius 1 is 1.22 bits per heavy atom. The average molecular weight is 292 g/mol. The first kappa shape index (κ1) is 18.3. The fourth-order valence-corrected chi connectivity index (χ4v) is 0.670. The number of aliphatic carboxylic acids is 1. The van der Waals surface area contributed by atoms with E-state index in [1.165, 1.54) is 14.4 Å². The van der Waals surface area contributed by atoms with Gasteiger partial charge in [0.15, 0.2) is 0 Å². The third-order valence-electron chi connectivity index (χ3n) is 1.32. The van der Waals surface area contributed by atoms with Crippen molar-refractivity contribution in [2.45, 2.75) is 13.3 Å². The molecule has 0 aromatic rings. The summed E-state index contributed by atoms with van der Waals surface area (Å²) in [6.45, 7) is 5.28. The summed E-state index contributed by atoms with van der Waals surface area (Å²) < 4.78 is 0. The van der Waals surface area contributed by atoms with Crippen LogP contribution in [-0.2, 0) is 31.8 Å². The van der Waals surface area contributed by atoms with Crippen molar-refractivity contribution in [3.05, 3.63) is 36.5 Å². The Morgan fingerprint density at radius 2 is 1.72 bits per heavy atom. The topological polar surface area (TPSA) is 88.5 Å². The number of hydrogen-bond donors (Lipinski definition) is 1. The van der Waals surface area contributed by atoms with Crippen molar-refractivity contribution >= 4 is 20.3 Å². The van der Waals surface area contributed by atoms with E-state index in [4.69, 9.17) is 5.11 Å². The molecule has 0 atom stereocenters. The van der Waals surface area contributed by atoms with Gasteiger partial charge in [-0.05, 0) is 13.3 Å². The predicted molar refractivity (Wildman–Crippen MR) is 62.4 cm³/mol. The molecule has 0 spiro atoms. The molecule has 0 aliphatic carbocycles. The fraction of sp³-hybridized carbons (Fsp3) is 0.167. The van der Waals surface area contributed by atoms with E-state index < -0.39 is 18.6 Å². The molecule has 0 aromatic heterocycles. The number of rotatable bonds is 4. The molecule has 0 radical (unpaired) electrons. The van der Waals surface area contributed by atoms with Crippen molar-refractivity contribution in [2.75, 3.05) is 0 Å². The van der Waals surface area contributed by atoms with E-state index in [0.717, 1.165) is 0 Å². The van der Waals surface area contributed by atoms with Crippen molar-refractivity contribution in [1.29, 1.82) is 0 Å². The van der Waals surface area contributed by atoms with Crippen LogP contribution in [0.2, 0.25) is 0 Å². The van der Waals surface area contributed by atoms with Gasteiger partial charge in [0.2, 0.25) is 0 Å². The predicted octanol–water partition coefficient (Wildman–Crippen LogP) is 0.956. The average Bonchev–Trinajstić information content (AvgIpc) is 2.37. The SMILES string of the molecule is C=C(CC=CC=CC)C(=O)O.O=[C]=[Fe](=[C]=O)=[C]=O. The van der Waals surface area contributed by atoms with E-state index in [1.807, 2.05) is 19.1 Å². The Labute approximate surface area is 107 Å². The molecular formula is C12H12FeO5. The first-order valence-electron chi connectivity index (χ1n) is 4.51. The summed E-state index contributed by atoms with van der Waals surface area (Å²) in [5.41, 5.74) is 0.214. The Morgan fingerprint density at radius 3 is 2.00 bits per heavy atom. The zero-order chi connectivity index (χ0) is 14.4. The van der Waals surface area contributed by atoms with E-state index in [2.05, 4.69) is 6.58 Å². The van der Waals surface area contributed by atoms with Gasteiger partial charge in [-0.25, -0.2) is 4.79 Å². The van der Waals surface area contributed by atoms with E-state index in [1.54, 1.807) is 12.2 Å². The summed E-state index contributed by atoms with van der Waals surface area (Å²) in [4.78, 5) is 41.8. The van der Waals surface area contributed by atoms with Crippen molar-refractivity contribution < 1.29 is 36.9 Å². The van der Waals surface area contributed by atoms with Crippen LogP contribution in [0.5, 0.6) is 0 Å². The maximum atomic E-state index is 10.2. The standard InChI is InChI=1S/C9H12O2.3CO.Fe/c1-3-4-5-6-7-8(2)9(10)11;3*1-2;/h3-6H,2,7H2,1H3,(H,10,11);;;;. The zero-order valence-electron chi connectivity index (χ0n) is 9.66. The number of carbonyl (C=O) groups excluding carboxylic acids is 3. The van der Waals surface area contributed by atoms with Crippen LogP contribution in [0.1, 0.15) is 13.3 Å². The molecule has 1 N–H and O–H groups in total. The van der Waals surface area contributed by atoms with Gasteiger partial charge < -0.3 is 5.11 Å². The number of hydrogen-bond acceptors (Lipinski definition) is 4. The van der Waals surface area contributed by atoms with Crippen molar-refractivity contribution in [2.24, 2.45) is 0 Å². The van der Waals surface area contributed by atoms with Crippen LogP contribution in [0.4, 0.5) is 0 Å². The molecule has 0 rings (SSSR count). The molecule has 0 aromatic carbocycles. The Kier molecular flexibility index (Phi) is 13.2. The van der Waals surface area contributed by atoms with Crippen LogP contribution in [0.25, 0.3) is 0 Å². The molecule has 0 fully saturated rings. The summed E-state index contributed by atoms with van der Waals surface area (Å²) in [6.07, 6.45) is 7.68. The van der Waals surface area contributed by atoms with Gasteiger partial charge in [-0.2, -0.15) is 0 Å². The summed E-state index contributed by atoms with van der Waals surface area (Å²) in [6, 6.07) is 0. The first-order valence-corrected chi connectivity index (χ1v) is 6.17. The van der Waals surface area contributed by atoms with Crippen LogP contribution < -0.4 is 0 Å². The summed E-state index contributed by atoms with van der Waals surface area (Å²) in [5.74, 6) is -0.935. The molecule has 18 heavy (non-hydrogen) atoms. The van der Waals surface area contributed by atoms with Crippen LogP contribution >= 0.6 is 0 Å². The first-order chi connectivity index (χ1) is 8.53. The number of carbonyl (C=O) groups is 1. The molecule has 0 saturated carbocycles. The second kappa shape index (κ2) is 13.0. The molecule has 5 nitrogen and oxygen atoms in total. The summed E-state index contributed by atoms with van der Waals surface area (Å²) in [7, 11) is 0. The molecule has 0 aliphatic rings. The van der Waals surface area contributed by atoms with Crippen LogP contribution in [0, 0.1) is 0 Å². The molecule has 0 heterocycles. The quantitative estimate of drug-likeness (QED) is 0.473. The van der Waals surface area contributed by atoms with E-state index in [-0.39, 0.29) is 5.57 Å². The van der Waals surface area contributed by atoms with Crippen molar-refractivity contribution in [3.8, 4) is 0 Å². The second-order valence-corrected chi connectivity index (χ2v) is 4.05. The minimum absolute atomic E-state index is 0.214. The third-order valence-corrected chi connectivity index (χ3v) is 2.00. The Hall–Kier alpha value is -2.05. The molecule has 0 amide bonds. The number of allylic oxidation sites excluding steroid dienone is 4. The van der Waals surface area contributed by atoms with Gasteiger partial charge in [0, 0.05) is 5.57 Å². The van der Waals surface area contributed by atoms with Crippen LogP contribution in [-0.4, -0.2) is 25.4 Å². The molecule has 98 valence electrons. The molecule has 6 heteroatoms. The molecule has 0 unspecified atom stereocenters. The van der Waals surface area contributed by atoms with E-state index >= 15 is 0 Å². The van der Waals surface area contributed by atoms with E-state index in [9.17, 15) is 19.2 Å². The summed E-state index contributed by atoms with van der Waals surface area (Å²) in [5, 5.41) is 8.39. The van der Waals surface area contributed by atoms with Gasteiger partial charge in [-0.3, -0.25) is 0 Å². The Bertz CT molecular complexity index is 516. The van der Waals surface area contributed by atoms with Crippen LogP contribution in [0.15, 0.2) is 36.5 Å². The third kappa shape index (κ3) is 12.0. The van der Waals surface area contributed by atoms with Gasteiger partial charge in [0.25, 0.3) is 0 Å². The molecular weight excluding hydrogens is 280 g/mol. The second-order valence-electron chi connectivity index (χ2n) is 2.55. The van der Waals surface area contributed by atoms with Crippen LogP contribution in [0.3, 0.4) is 0 Å². The van der Waals surface area contributed by atoms with Crippen molar-refractivity contribution in [3.63, 3.8) is 0 Å². The number of carboxylic acid groups (broad SMARTS) is 1. The van der Waals surface area contributed by atoms with Gasteiger partial charge in [0.05, 0.1) is 0 Å².